The lowest BCUT2D eigenvalue weighted by atomic mass is 10.1. The van der Waals surface area contributed by atoms with E-state index in [0.29, 0.717) is 10.7 Å². The number of imide groups is 1. The minimum absolute atomic E-state index is 0.140. The van der Waals surface area contributed by atoms with Gasteiger partial charge in [0, 0.05) is 10.7 Å². The van der Waals surface area contributed by atoms with Crippen molar-refractivity contribution in [2.24, 2.45) is 10.3 Å². The number of nitrogens with zero attached hydrogens (tertiary/aromatic N) is 4. The lowest BCUT2D eigenvalue weighted by Crippen LogP contribution is -2.43. The number of halogens is 3. The third kappa shape index (κ3) is 3.54. The van der Waals surface area contributed by atoms with Crippen LogP contribution in [0.15, 0.2) is 52.8 Å². The zero-order chi connectivity index (χ0) is 20.7. The first-order valence-corrected chi connectivity index (χ1v) is 9.16. The van der Waals surface area contributed by atoms with Gasteiger partial charge in [-0.05, 0) is 42.5 Å². The smallest absolute Gasteiger partial charge is 0.263 e. The zero-order valence-electron chi connectivity index (χ0n) is 14.6. The van der Waals surface area contributed by atoms with Crippen LogP contribution in [0.1, 0.15) is 0 Å². The quantitative estimate of drug-likeness (QED) is 0.746. The SMILES string of the molecule is O=C(CN1N=NC2C(=O)N(c3ccc(Cl)cc3)C(=O)C21)Nc1ccc(F)c(Cl)c1. The topological polar surface area (TPSA) is 94.4 Å². The van der Waals surface area contributed by atoms with Crippen LogP contribution in [-0.4, -0.2) is 41.4 Å². The Morgan fingerprint density at radius 3 is 2.52 bits per heavy atom. The molecule has 2 atom stereocenters. The Morgan fingerprint density at radius 1 is 1.10 bits per heavy atom. The number of hydrogen-bond donors (Lipinski definition) is 1. The van der Waals surface area contributed by atoms with Gasteiger partial charge in [-0.2, -0.15) is 5.11 Å². The van der Waals surface area contributed by atoms with E-state index in [1.165, 1.54) is 12.1 Å². The monoisotopic (exact) mass is 435 g/mol. The Balaban J connectivity index is 1.48. The Kier molecular flexibility index (Phi) is 4.93. The van der Waals surface area contributed by atoms with Gasteiger partial charge in [0.15, 0.2) is 12.1 Å². The van der Waals surface area contributed by atoms with Crippen LogP contribution in [-0.2, 0) is 14.4 Å². The second-order valence-corrected chi connectivity index (χ2v) is 7.20. The molecule has 3 amide bonds. The summed E-state index contributed by atoms with van der Waals surface area (Å²) in [6.07, 6.45) is 0. The molecule has 1 saturated heterocycles. The normalized spacial score (nSPS) is 20.4. The van der Waals surface area contributed by atoms with Gasteiger partial charge in [0.1, 0.15) is 12.4 Å². The molecule has 0 radical (unpaired) electrons. The molecule has 11 heteroatoms. The van der Waals surface area contributed by atoms with Crippen molar-refractivity contribution in [2.45, 2.75) is 12.1 Å². The number of carbonyl (C=O) groups excluding carboxylic acids is 3. The first kappa shape index (κ1) is 19.3. The van der Waals surface area contributed by atoms with Crippen LogP contribution in [0.2, 0.25) is 10.0 Å². The maximum atomic E-state index is 13.2. The molecule has 0 aromatic heterocycles. The van der Waals surface area contributed by atoms with E-state index in [-0.39, 0.29) is 17.3 Å². The first-order valence-electron chi connectivity index (χ1n) is 8.41. The molecule has 0 spiro atoms. The summed E-state index contributed by atoms with van der Waals surface area (Å²) in [5, 5.41) is 11.7. The molecular formula is C18H12Cl2FN5O3. The fourth-order valence-electron chi connectivity index (χ4n) is 3.12. The van der Waals surface area contributed by atoms with E-state index in [2.05, 4.69) is 15.7 Å². The van der Waals surface area contributed by atoms with Crippen molar-refractivity contribution in [2.75, 3.05) is 16.8 Å². The average molecular weight is 436 g/mol. The number of anilines is 2. The standard InChI is InChI=1S/C18H12Cl2FN5O3/c19-9-1-4-11(5-2-9)26-17(28)15-16(18(26)29)25(24-23-15)8-14(27)22-10-3-6-13(21)12(20)7-10/h1-7,15-16H,8H2,(H,22,27). The van der Waals surface area contributed by atoms with E-state index < -0.39 is 35.6 Å². The van der Waals surface area contributed by atoms with E-state index >= 15 is 0 Å². The second-order valence-electron chi connectivity index (χ2n) is 6.36. The highest BCUT2D eigenvalue weighted by Gasteiger charge is 2.55. The summed E-state index contributed by atoms with van der Waals surface area (Å²) in [5.41, 5.74) is 0.644. The van der Waals surface area contributed by atoms with Crippen LogP contribution >= 0.6 is 23.2 Å². The number of amides is 3. The van der Waals surface area contributed by atoms with Crippen LogP contribution in [0.4, 0.5) is 15.8 Å². The van der Waals surface area contributed by atoms with Crippen molar-refractivity contribution in [1.29, 1.82) is 0 Å². The zero-order valence-corrected chi connectivity index (χ0v) is 16.1. The summed E-state index contributed by atoms with van der Waals surface area (Å²) in [7, 11) is 0. The number of hydrogen-bond acceptors (Lipinski definition) is 6. The van der Waals surface area contributed by atoms with Gasteiger partial charge in [0.2, 0.25) is 5.91 Å². The Labute approximate surface area is 173 Å². The number of fused-ring (bicyclic) bond motifs is 1. The summed E-state index contributed by atoms with van der Waals surface area (Å²) in [6.45, 7) is -0.326. The molecule has 2 aliphatic rings. The van der Waals surface area contributed by atoms with E-state index in [0.717, 1.165) is 16.0 Å². The van der Waals surface area contributed by atoms with Crippen LogP contribution in [0.25, 0.3) is 0 Å². The van der Waals surface area contributed by atoms with E-state index in [1.807, 2.05) is 0 Å². The van der Waals surface area contributed by atoms with Gasteiger partial charge in [-0.15, -0.1) is 0 Å². The minimum atomic E-state index is -1.02. The molecule has 0 saturated carbocycles. The first-order chi connectivity index (χ1) is 13.8. The maximum absolute atomic E-state index is 13.2. The molecule has 1 N–H and O–H groups in total. The van der Waals surface area contributed by atoms with Crippen molar-refractivity contribution in [1.82, 2.24) is 5.01 Å². The Bertz CT molecular complexity index is 1050. The molecule has 2 aromatic carbocycles. The second kappa shape index (κ2) is 7.41. The van der Waals surface area contributed by atoms with Gasteiger partial charge in [0.05, 0.1) is 10.7 Å². The number of benzene rings is 2. The van der Waals surface area contributed by atoms with Crippen LogP contribution in [0, 0.1) is 5.82 Å². The predicted octanol–water partition coefficient (Wildman–Crippen LogP) is 3.06. The lowest BCUT2D eigenvalue weighted by molar-refractivity contribution is -0.123. The summed E-state index contributed by atoms with van der Waals surface area (Å²) in [4.78, 5) is 38.8. The predicted molar refractivity (Wildman–Crippen MR) is 103 cm³/mol. The van der Waals surface area contributed by atoms with E-state index in [1.54, 1.807) is 24.3 Å². The number of carbonyl (C=O) groups is 3. The fourth-order valence-corrected chi connectivity index (χ4v) is 3.43. The number of rotatable bonds is 4. The molecule has 2 aliphatic heterocycles. The van der Waals surface area contributed by atoms with Crippen molar-refractivity contribution in [3.05, 3.63) is 58.3 Å². The van der Waals surface area contributed by atoms with Gasteiger partial charge in [0.25, 0.3) is 11.8 Å². The average Bonchev–Trinajstić information content (AvgIpc) is 3.19. The minimum Gasteiger partial charge on any atom is -0.324 e. The molecule has 1 fully saturated rings. The molecule has 0 bridgehead atoms. The van der Waals surface area contributed by atoms with Gasteiger partial charge in [-0.25, -0.2) is 9.29 Å². The highest BCUT2D eigenvalue weighted by Crippen LogP contribution is 2.32. The van der Waals surface area contributed by atoms with Gasteiger partial charge >= 0.3 is 0 Å². The molecule has 2 heterocycles. The van der Waals surface area contributed by atoms with Crippen molar-refractivity contribution < 1.29 is 18.8 Å². The molecule has 4 rings (SSSR count). The van der Waals surface area contributed by atoms with Crippen molar-refractivity contribution in [3.8, 4) is 0 Å². The Morgan fingerprint density at radius 2 is 1.83 bits per heavy atom. The maximum Gasteiger partial charge on any atom is 0.263 e. The summed E-state index contributed by atoms with van der Waals surface area (Å²) in [5.74, 6) is -2.21. The van der Waals surface area contributed by atoms with Gasteiger partial charge in [-0.1, -0.05) is 28.4 Å². The third-order valence-corrected chi connectivity index (χ3v) is 4.99. The third-order valence-electron chi connectivity index (χ3n) is 4.45. The highest BCUT2D eigenvalue weighted by molar-refractivity contribution is 6.31. The molecular weight excluding hydrogens is 424 g/mol. The van der Waals surface area contributed by atoms with Crippen LogP contribution in [0.5, 0.6) is 0 Å². The molecule has 0 aliphatic carbocycles. The largest absolute Gasteiger partial charge is 0.324 e. The highest BCUT2D eigenvalue weighted by atomic mass is 35.5. The van der Waals surface area contributed by atoms with Crippen molar-refractivity contribution in [3.63, 3.8) is 0 Å². The van der Waals surface area contributed by atoms with Gasteiger partial charge < -0.3 is 5.32 Å². The summed E-state index contributed by atoms with van der Waals surface area (Å²) < 4.78 is 13.2. The summed E-state index contributed by atoms with van der Waals surface area (Å²) >= 11 is 11.5. The number of nitrogens with one attached hydrogen (secondary N) is 1. The molecule has 148 valence electrons. The summed E-state index contributed by atoms with van der Waals surface area (Å²) in [6, 6.07) is 7.91. The Hall–Kier alpha value is -3.04. The lowest BCUT2D eigenvalue weighted by Gasteiger charge is -2.20. The molecule has 2 unspecified atom stereocenters. The van der Waals surface area contributed by atoms with E-state index in [4.69, 9.17) is 23.2 Å². The molecule has 2 aromatic rings. The van der Waals surface area contributed by atoms with Gasteiger partial charge in [-0.3, -0.25) is 19.4 Å². The fraction of sp³-hybridized carbons (Fsp3) is 0.167. The van der Waals surface area contributed by atoms with Crippen molar-refractivity contribution >= 4 is 52.3 Å². The van der Waals surface area contributed by atoms with Crippen LogP contribution < -0.4 is 10.2 Å². The van der Waals surface area contributed by atoms with E-state index in [9.17, 15) is 18.8 Å². The molecule has 8 nitrogen and oxygen atoms in total. The van der Waals surface area contributed by atoms with Crippen LogP contribution in [0.3, 0.4) is 0 Å². The molecule has 29 heavy (non-hydrogen) atoms.